The summed E-state index contributed by atoms with van der Waals surface area (Å²) in [6, 6.07) is 12.1. The third-order valence-corrected chi connectivity index (χ3v) is 7.22. The summed E-state index contributed by atoms with van der Waals surface area (Å²) in [4.78, 5) is 1.40. The van der Waals surface area contributed by atoms with Gasteiger partial charge in [0.2, 0.25) is 10.0 Å². The van der Waals surface area contributed by atoms with Gasteiger partial charge >= 0.3 is 6.18 Å². The van der Waals surface area contributed by atoms with E-state index in [2.05, 4.69) is 20.8 Å². The summed E-state index contributed by atoms with van der Waals surface area (Å²) in [7, 11) is -4.20. The van der Waals surface area contributed by atoms with Gasteiger partial charge in [-0.3, -0.25) is 4.90 Å². The molecule has 1 heterocycles. The zero-order valence-electron chi connectivity index (χ0n) is 14.3. The molecule has 27 heavy (non-hydrogen) atoms. The second kappa shape index (κ2) is 7.90. The number of rotatable bonds is 4. The van der Waals surface area contributed by atoms with Gasteiger partial charge < -0.3 is 0 Å². The second-order valence-electron chi connectivity index (χ2n) is 6.27. The van der Waals surface area contributed by atoms with Crippen LogP contribution in [-0.4, -0.2) is 43.8 Å². The van der Waals surface area contributed by atoms with Crippen LogP contribution in [0.15, 0.2) is 57.9 Å². The monoisotopic (exact) mass is 462 g/mol. The largest absolute Gasteiger partial charge is 0.417 e. The van der Waals surface area contributed by atoms with Crippen LogP contribution < -0.4 is 0 Å². The summed E-state index contributed by atoms with van der Waals surface area (Å²) in [5.74, 6) is 0. The molecule has 0 N–H and O–H groups in total. The van der Waals surface area contributed by atoms with Gasteiger partial charge in [0, 0.05) is 37.2 Å². The van der Waals surface area contributed by atoms with E-state index in [0.717, 1.165) is 26.5 Å². The number of hydrogen-bond donors (Lipinski definition) is 0. The molecule has 9 heteroatoms. The van der Waals surface area contributed by atoms with Crippen molar-refractivity contribution in [2.45, 2.75) is 17.6 Å². The lowest BCUT2D eigenvalue weighted by Crippen LogP contribution is -2.48. The Hall–Kier alpha value is -1.42. The first kappa shape index (κ1) is 20.3. The fraction of sp³-hybridized carbons (Fsp3) is 0.333. The molecule has 1 fully saturated rings. The maximum atomic E-state index is 13.2. The van der Waals surface area contributed by atoms with Crippen molar-refractivity contribution in [1.29, 1.82) is 0 Å². The molecule has 0 aliphatic carbocycles. The number of halogens is 4. The molecule has 1 aliphatic rings. The molecule has 0 atom stereocenters. The van der Waals surface area contributed by atoms with E-state index in [1.807, 2.05) is 24.3 Å². The number of nitrogens with zero attached hydrogens (tertiary/aromatic N) is 2. The zero-order chi connectivity index (χ0) is 19.7. The highest BCUT2D eigenvalue weighted by atomic mass is 79.9. The molecule has 2 aromatic rings. The first-order chi connectivity index (χ1) is 12.7. The van der Waals surface area contributed by atoms with Gasteiger partial charge in [0.25, 0.3) is 0 Å². The maximum absolute atomic E-state index is 13.2. The van der Waals surface area contributed by atoms with Gasteiger partial charge in [-0.1, -0.05) is 46.3 Å². The molecule has 0 radical (unpaired) electrons. The minimum absolute atomic E-state index is 0.152. The molecule has 2 aromatic carbocycles. The number of alkyl halides is 3. The van der Waals surface area contributed by atoms with Gasteiger partial charge in [-0.15, -0.1) is 0 Å². The molecular formula is C18H18BrF3N2O2S. The smallest absolute Gasteiger partial charge is 0.296 e. The van der Waals surface area contributed by atoms with E-state index < -0.39 is 26.7 Å². The highest BCUT2D eigenvalue weighted by molar-refractivity contribution is 9.10. The van der Waals surface area contributed by atoms with E-state index in [1.165, 1.54) is 12.1 Å². The molecule has 0 aromatic heterocycles. The van der Waals surface area contributed by atoms with Crippen molar-refractivity contribution < 1.29 is 21.6 Å². The Morgan fingerprint density at radius 3 is 2.15 bits per heavy atom. The molecule has 0 spiro atoms. The van der Waals surface area contributed by atoms with Crippen LogP contribution in [0.2, 0.25) is 0 Å². The standard InChI is InChI=1S/C18H18BrF3N2O2S/c19-16-7-3-1-5-14(16)13-23-9-11-24(12-10-23)27(25,26)17-8-4-2-6-15(17)18(20,21)22/h1-8H,9-13H2. The van der Waals surface area contributed by atoms with Gasteiger partial charge in [-0.25, -0.2) is 8.42 Å². The average molecular weight is 463 g/mol. The first-order valence-electron chi connectivity index (χ1n) is 8.32. The third kappa shape index (κ3) is 4.53. The Morgan fingerprint density at radius 2 is 1.52 bits per heavy atom. The Balaban J connectivity index is 1.73. The van der Waals surface area contributed by atoms with Crippen LogP contribution in [0.1, 0.15) is 11.1 Å². The Morgan fingerprint density at radius 1 is 0.926 bits per heavy atom. The van der Waals surface area contributed by atoms with Crippen LogP contribution in [0.5, 0.6) is 0 Å². The van der Waals surface area contributed by atoms with Gasteiger partial charge in [0.1, 0.15) is 0 Å². The van der Waals surface area contributed by atoms with Gasteiger partial charge in [0.15, 0.2) is 0 Å². The summed E-state index contributed by atoms with van der Waals surface area (Å²) in [5.41, 5.74) is -0.0446. The maximum Gasteiger partial charge on any atom is 0.417 e. The lowest BCUT2D eigenvalue weighted by Gasteiger charge is -2.34. The topological polar surface area (TPSA) is 40.6 Å². The van der Waals surface area contributed by atoms with Gasteiger partial charge in [-0.2, -0.15) is 17.5 Å². The third-order valence-electron chi connectivity index (χ3n) is 4.49. The minimum atomic E-state index is -4.72. The van der Waals surface area contributed by atoms with Crippen molar-refractivity contribution >= 4 is 26.0 Å². The van der Waals surface area contributed by atoms with Gasteiger partial charge in [0.05, 0.1) is 10.5 Å². The van der Waals surface area contributed by atoms with Crippen molar-refractivity contribution in [3.05, 3.63) is 64.1 Å². The van der Waals surface area contributed by atoms with Crippen molar-refractivity contribution in [3.8, 4) is 0 Å². The van der Waals surface area contributed by atoms with E-state index in [1.54, 1.807) is 0 Å². The molecule has 3 rings (SSSR count). The Labute approximate surface area is 164 Å². The lowest BCUT2D eigenvalue weighted by molar-refractivity contribution is -0.139. The molecule has 146 valence electrons. The second-order valence-corrected chi connectivity index (χ2v) is 9.03. The van der Waals surface area contributed by atoms with Crippen molar-refractivity contribution in [1.82, 2.24) is 9.21 Å². The summed E-state index contributed by atoms with van der Waals surface area (Å²) >= 11 is 3.48. The molecule has 0 amide bonds. The van der Waals surface area contributed by atoms with Crippen LogP contribution in [0.4, 0.5) is 13.2 Å². The molecule has 4 nitrogen and oxygen atoms in total. The number of benzene rings is 2. The van der Waals surface area contributed by atoms with Crippen molar-refractivity contribution in [3.63, 3.8) is 0 Å². The van der Waals surface area contributed by atoms with E-state index in [4.69, 9.17) is 0 Å². The number of piperazine rings is 1. The molecule has 0 saturated carbocycles. The first-order valence-corrected chi connectivity index (χ1v) is 10.5. The highest BCUT2D eigenvalue weighted by Gasteiger charge is 2.39. The Kier molecular flexibility index (Phi) is 5.95. The molecule has 1 saturated heterocycles. The fourth-order valence-corrected chi connectivity index (χ4v) is 5.10. The van der Waals surface area contributed by atoms with Crippen LogP contribution in [-0.2, 0) is 22.7 Å². The summed E-state index contributed by atoms with van der Waals surface area (Å²) in [6.45, 7) is 1.86. The number of hydrogen-bond acceptors (Lipinski definition) is 3. The number of sulfonamides is 1. The lowest BCUT2D eigenvalue weighted by atomic mass is 10.2. The average Bonchev–Trinajstić information content (AvgIpc) is 2.63. The normalized spacial score (nSPS) is 17.2. The van der Waals surface area contributed by atoms with Crippen molar-refractivity contribution in [2.75, 3.05) is 26.2 Å². The van der Waals surface area contributed by atoms with Crippen molar-refractivity contribution in [2.24, 2.45) is 0 Å². The van der Waals surface area contributed by atoms with E-state index in [-0.39, 0.29) is 13.1 Å². The minimum Gasteiger partial charge on any atom is -0.296 e. The quantitative estimate of drug-likeness (QED) is 0.689. The van der Waals surface area contributed by atoms with E-state index in [0.29, 0.717) is 19.6 Å². The molecule has 0 bridgehead atoms. The predicted octanol–water partition coefficient (Wildman–Crippen LogP) is 3.97. The van der Waals surface area contributed by atoms with Gasteiger partial charge in [-0.05, 0) is 23.8 Å². The summed E-state index contributed by atoms with van der Waals surface area (Å²) in [5, 5.41) is 0. The van der Waals surface area contributed by atoms with Crippen LogP contribution in [0, 0.1) is 0 Å². The SMILES string of the molecule is O=S(=O)(c1ccccc1C(F)(F)F)N1CCN(Cc2ccccc2Br)CC1. The molecule has 1 aliphatic heterocycles. The highest BCUT2D eigenvalue weighted by Crippen LogP contribution is 2.35. The van der Waals surface area contributed by atoms with Crippen LogP contribution in [0.3, 0.4) is 0 Å². The van der Waals surface area contributed by atoms with E-state index >= 15 is 0 Å². The summed E-state index contributed by atoms with van der Waals surface area (Å²) in [6.07, 6.45) is -4.72. The van der Waals surface area contributed by atoms with Crippen LogP contribution >= 0.6 is 15.9 Å². The predicted molar refractivity (Wildman–Crippen MR) is 99.6 cm³/mol. The molecule has 0 unspecified atom stereocenters. The van der Waals surface area contributed by atoms with E-state index in [9.17, 15) is 21.6 Å². The summed E-state index contributed by atoms with van der Waals surface area (Å²) < 4.78 is 67.2. The molecular weight excluding hydrogens is 445 g/mol. The Bertz CT molecular complexity index is 911. The van der Waals surface area contributed by atoms with Crippen LogP contribution in [0.25, 0.3) is 0 Å². The zero-order valence-corrected chi connectivity index (χ0v) is 16.7. The fourth-order valence-electron chi connectivity index (χ4n) is 3.06.